The van der Waals surface area contributed by atoms with Gasteiger partial charge < -0.3 is 5.11 Å². The van der Waals surface area contributed by atoms with Crippen molar-refractivity contribution >= 4 is 31.9 Å². The first kappa shape index (κ1) is 19.1. The van der Waals surface area contributed by atoms with E-state index in [4.69, 9.17) is 5.11 Å². The van der Waals surface area contributed by atoms with Crippen LogP contribution in [0.15, 0.2) is 63.4 Å². The molecule has 0 aliphatic rings. The van der Waals surface area contributed by atoms with Gasteiger partial charge in [-0.2, -0.15) is 13.5 Å². The van der Waals surface area contributed by atoms with Gasteiger partial charge in [-0.15, -0.1) is 0 Å². The number of hydrazone groups is 1. The van der Waals surface area contributed by atoms with Gasteiger partial charge in [0.05, 0.1) is 29.2 Å². The quantitative estimate of drug-likeness (QED) is 0.370. The summed E-state index contributed by atoms with van der Waals surface area (Å²) in [5, 5.41) is 12.7. The van der Waals surface area contributed by atoms with Crippen molar-refractivity contribution in [1.82, 2.24) is 0 Å². The van der Waals surface area contributed by atoms with Crippen LogP contribution in [-0.2, 0) is 20.0 Å². The molecule has 8 nitrogen and oxygen atoms in total. The second-order valence-corrected chi connectivity index (χ2v) is 8.46. The standard InChI is InChI=1S/C15H16N2O6S2/c18-8-9-24(19,20)13-6-7-15(25(21,22)23)14(10-13)17-16-11-12-4-2-1-3-5-12/h1-7,10-11,17-18H,8-9H2,(H,21,22,23)/b16-11+. The average molecular weight is 384 g/mol. The number of rotatable bonds is 7. The highest BCUT2D eigenvalue weighted by atomic mass is 32.2. The first-order chi connectivity index (χ1) is 11.7. The molecule has 2 aromatic rings. The zero-order valence-corrected chi connectivity index (χ0v) is 14.5. The Balaban J connectivity index is 2.40. The summed E-state index contributed by atoms with van der Waals surface area (Å²) in [7, 11) is -8.37. The zero-order valence-electron chi connectivity index (χ0n) is 12.9. The number of anilines is 1. The second-order valence-electron chi connectivity index (χ2n) is 4.96. The molecule has 0 unspecified atom stereocenters. The number of nitrogens with zero attached hydrogens (tertiary/aromatic N) is 1. The summed E-state index contributed by atoms with van der Waals surface area (Å²) in [6, 6.07) is 11.9. The highest BCUT2D eigenvalue weighted by Crippen LogP contribution is 2.25. The van der Waals surface area contributed by atoms with Crippen LogP contribution in [-0.4, -0.2) is 45.1 Å². The number of hydrogen-bond donors (Lipinski definition) is 3. The first-order valence-corrected chi connectivity index (χ1v) is 10.1. The summed E-state index contributed by atoms with van der Waals surface area (Å²) in [6.07, 6.45) is 1.41. The van der Waals surface area contributed by atoms with Gasteiger partial charge in [0.2, 0.25) is 0 Å². The molecule has 0 saturated heterocycles. The molecular formula is C15H16N2O6S2. The smallest absolute Gasteiger partial charge is 0.296 e. The number of sulfone groups is 1. The Bertz CT molecular complexity index is 970. The summed E-state index contributed by atoms with van der Waals surface area (Å²) < 4.78 is 56.2. The van der Waals surface area contributed by atoms with Crippen LogP contribution in [0.3, 0.4) is 0 Å². The van der Waals surface area contributed by atoms with Gasteiger partial charge in [-0.05, 0) is 23.8 Å². The maximum absolute atomic E-state index is 12.0. The normalized spacial score (nSPS) is 12.4. The van der Waals surface area contributed by atoms with Gasteiger partial charge in [-0.25, -0.2) is 8.42 Å². The van der Waals surface area contributed by atoms with Gasteiger partial charge in [0.25, 0.3) is 10.1 Å². The van der Waals surface area contributed by atoms with E-state index < -0.39 is 37.2 Å². The van der Waals surface area contributed by atoms with Crippen molar-refractivity contribution in [3.05, 3.63) is 54.1 Å². The molecule has 0 radical (unpaired) electrons. The molecule has 0 saturated carbocycles. The van der Waals surface area contributed by atoms with E-state index in [1.54, 1.807) is 24.3 Å². The molecule has 0 spiro atoms. The molecule has 0 atom stereocenters. The highest BCUT2D eigenvalue weighted by molar-refractivity contribution is 7.91. The maximum Gasteiger partial charge on any atom is 0.296 e. The number of nitrogens with one attached hydrogen (secondary N) is 1. The summed E-state index contributed by atoms with van der Waals surface area (Å²) in [6.45, 7) is -0.572. The molecule has 0 aliphatic carbocycles. The monoisotopic (exact) mass is 384 g/mol. The number of benzene rings is 2. The van der Waals surface area contributed by atoms with Crippen LogP contribution >= 0.6 is 0 Å². The molecule has 10 heteroatoms. The number of hydrogen-bond acceptors (Lipinski definition) is 7. The summed E-state index contributed by atoms with van der Waals surface area (Å²) in [5.41, 5.74) is 2.96. The van der Waals surface area contributed by atoms with Crippen molar-refractivity contribution in [3.63, 3.8) is 0 Å². The van der Waals surface area contributed by atoms with Gasteiger partial charge in [0, 0.05) is 0 Å². The van der Waals surface area contributed by atoms with Crippen molar-refractivity contribution in [2.24, 2.45) is 5.10 Å². The van der Waals surface area contributed by atoms with Crippen LogP contribution in [0.5, 0.6) is 0 Å². The predicted molar refractivity (Wildman–Crippen MR) is 93.1 cm³/mol. The maximum atomic E-state index is 12.0. The molecular weight excluding hydrogens is 368 g/mol. The molecule has 0 heterocycles. The Morgan fingerprint density at radius 3 is 2.32 bits per heavy atom. The Hall–Kier alpha value is -2.27. The third kappa shape index (κ3) is 5.10. The van der Waals surface area contributed by atoms with Gasteiger partial charge in [0.15, 0.2) is 9.84 Å². The fourth-order valence-corrected chi connectivity index (χ4v) is 3.64. The van der Waals surface area contributed by atoms with E-state index in [2.05, 4.69) is 10.5 Å². The van der Waals surface area contributed by atoms with E-state index in [-0.39, 0.29) is 10.6 Å². The van der Waals surface area contributed by atoms with E-state index in [1.807, 2.05) is 6.07 Å². The minimum atomic E-state index is -4.58. The lowest BCUT2D eigenvalue weighted by molar-refractivity contribution is 0.319. The molecule has 0 aromatic heterocycles. The predicted octanol–water partition coefficient (Wildman–Crippen LogP) is 1.15. The highest BCUT2D eigenvalue weighted by Gasteiger charge is 2.20. The Kier molecular flexibility index (Phi) is 5.90. The Morgan fingerprint density at radius 2 is 1.72 bits per heavy atom. The summed E-state index contributed by atoms with van der Waals surface area (Å²) >= 11 is 0. The van der Waals surface area contributed by atoms with Crippen LogP contribution in [0, 0.1) is 0 Å². The van der Waals surface area contributed by atoms with Gasteiger partial charge in [-0.3, -0.25) is 9.98 Å². The molecule has 25 heavy (non-hydrogen) atoms. The van der Waals surface area contributed by atoms with Crippen molar-refractivity contribution in [3.8, 4) is 0 Å². The molecule has 3 N–H and O–H groups in total. The minimum absolute atomic E-state index is 0.200. The van der Waals surface area contributed by atoms with E-state index >= 15 is 0 Å². The van der Waals surface area contributed by atoms with E-state index in [0.29, 0.717) is 0 Å². The fourth-order valence-electron chi connectivity index (χ4n) is 1.97. The minimum Gasteiger partial charge on any atom is -0.395 e. The topological polar surface area (TPSA) is 133 Å². The average Bonchev–Trinajstić information content (AvgIpc) is 2.55. The van der Waals surface area contributed by atoms with Crippen molar-refractivity contribution in [1.29, 1.82) is 0 Å². The van der Waals surface area contributed by atoms with E-state index in [9.17, 15) is 21.4 Å². The summed E-state index contributed by atoms with van der Waals surface area (Å²) in [5.74, 6) is -0.509. The fraction of sp³-hybridized carbons (Fsp3) is 0.133. The molecule has 134 valence electrons. The van der Waals surface area contributed by atoms with Crippen molar-refractivity contribution in [2.75, 3.05) is 17.8 Å². The third-order valence-electron chi connectivity index (χ3n) is 3.15. The van der Waals surface area contributed by atoms with Crippen LogP contribution in [0.25, 0.3) is 0 Å². The molecule has 2 aromatic carbocycles. The zero-order chi connectivity index (χ0) is 18.5. The lowest BCUT2D eigenvalue weighted by Gasteiger charge is -2.09. The largest absolute Gasteiger partial charge is 0.395 e. The number of aliphatic hydroxyl groups is 1. The Morgan fingerprint density at radius 1 is 1.04 bits per heavy atom. The molecule has 2 rings (SSSR count). The summed E-state index contributed by atoms with van der Waals surface area (Å²) in [4.78, 5) is -0.716. The van der Waals surface area contributed by atoms with Gasteiger partial charge in [0.1, 0.15) is 4.90 Å². The molecule has 0 aliphatic heterocycles. The van der Waals surface area contributed by atoms with Crippen molar-refractivity contribution < 1.29 is 26.5 Å². The second kappa shape index (κ2) is 7.74. The van der Waals surface area contributed by atoms with Crippen LogP contribution in [0.4, 0.5) is 5.69 Å². The van der Waals surface area contributed by atoms with Crippen LogP contribution < -0.4 is 5.43 Å². The first-order valence-electron chi connectivity index (χ1n) is 7.03. The van der Waals surface area contributed by atoms with Crippen LogP contribution in [0.2, 0.25) is 0 Å². The Labute approximate surface area is 145 Å². The number of aliphatic hydroxyl groups excluding tert-OH is 1. The molecule has 0 amide bonds. The van der Waals surface area contributed by atoms with Gasteiger partial charge in [-0.1, -0.05) is 30.3 Å². The van der Waals surface area contributed by atoms with E-state index in [1.165, 1.54) is 6.21 Å². The van der Waals surface area contributed by atoms with Crippen molar-refractivity contribution in [2.45, 2.75) is 9.79 Å². The molecule has 0 fully saturated rings. The van der Waals surface area contributed by atoms with Crippen LogP contribution in [0.1, 0.15) is 5.56 Å². The SMILES string of the molecule is O=S(=O)(O)c1ccc(S(=O)(=O)CCO)cc1N/N=C/c1ccccc1. The van der Waals surface area contributed by atoms with Gasteiger partial charge >= 0.3 is 0 Å². The molecule has 0 bridgehead atoms. The van der Waals surface area contributed by atoms with E-state index in [0.717, 1.165) is 23.8 Å². The third-order valence-corrected chi connectivity index (χ3v) is 5.75. The lowest BCUT2D eigenvalue weighted by atomic mass is 10.2. The lowest BCUT2D eigenvalue weighted by Crippen LogP contribution is -2.11.